The molecule has 5 aliphatic rings. The number of aryl methyl sites for hydroxylation is 1. The van der Waals surface area contributed by atoms with Gasteiger partial charge in [0.05, 0.1) is 12.7 Å². The van der Waals surface area contributed by atoms with Gasteiger partial charge in [0, 0.05) is 49.5 Å². The molecule has 8 rings (SSSR count). The summed E-state index contributed by atoms with van der Waals surface area (Å²) in [6, 6.07) is 23.3. The average Bonchev–Trinajstić information content (AvgIpc) is 3.46. The van der Waals surface area contributed by atoms with E-state index in [0.717, 1.165) is 56.8 Å². The molecule has 11 heteroatoms. The van der Waals surface area contributed by atoms with Crippen molar-refractivity contribution in [3.05, 3.63) is 131 Å². The van der Waals surface area contributed by atoms with E-state index in [1.165, 1.54) is 48.4 Å². The summed E-state index contributed by atoms with van der Waals surface area (Å²) in [5.74, 6) is -2.68. The highest BCUT2D eigenvalue weighted by molar-refractivity contribution is 6.01. The van der Waals surface area contributed by atoms with Gasteiger partial charge in [-0.05, 0) is 117 Å². The molecule has 3 saturated carbocycles. The maximum Gasteiger partial charge on any atom is 0.190 e. The molecule has 4 aliphatic carbocycles. The first kappa shape index (κ1) is 45.1. The molecule has 1 heterocycles. The van der Waals surface area contributed by atoms with E-state index in [4.69, 9.17) is 4.74 Å². The van der Waals surface area contributed by atoms with Crippen molar-refractivity contribution in [3.63, 3.8) is 0 Å². The first-order valence-corrected chi connectivity index (χ1v) is 21.9. The molecule has 1 saturated heterocycles. The van der Waals surface area contributed by atoms with E-state index in [2.05, 4.69) is 40.1 Å². The van der Waals surface area contributed by atoms with Crippen LogP contribution in [0.1, 0.15) is 75.7 Å². The normalized spacial score (nSPS) is 32.4. The second-order valence-corrected chi connectivity index (χ2v) is 18.4. The monoisotopic (exact) mass is 842 g/mol. The number of hydrogen-bond donors (Lipinski definition) is 3. The van der Waals surface area contributed by atoms with Gasteiger partial charge in [-0.2, -0.15) is 0 Å². The number of halogens is 3. The Morgan fingerprint density at radius 3 is 2.07 bits per heavy atom. The summed E-state index contributed by atoms with van der Waals surface area (Å²) >= 11 is 0. The van der Waals surface area contributed by atoms with Gasteiger partial charge in [0.1, 0.15) is 29.9 Å². The number of aliphatic hydroxyl groups excluding tert-OH is 2. The maximum absolute atomic E-state index is 16.9. The Balaban J connectivity index is 0.000000186. The molecule has 0 unspecified atom stereocenters. The minimum Gasteiger partial charge on any atom is -0.390 e. The van der Waals surface area contributed by atoms with Crippen LogP contribution in [0.4, 0.5) is 13.2 Å². The van der Waals surface area contributed by atoms with Crippen LogP contribution >= 0.6 is 0 Å². The quantitative estimate of drug-likeness (QED) is 0.176. The van der Waals surface area contributed by atoms with Crippen molar-refractivity contribution in [2.75, 3.05) is 52.5 Å². The van der Waals surface area contributed by atoms with Crippen LogP contribution in [-0.2, 0) is 20.7 Å². The molecule has 8 nitrogen and oxygen atoms in total. The molecule has 0 bridgehead atoms. The molecule has 0 radical (unpaired) electrons. The van der Waals surface area contributed by atoms with E-state index in [1.807, 2.05) is 0 Å². The number of alkyl halides is 1. The highest BCUT2D eigenvalue weighted by atomic mass is 19.1. The first-order chi connectivity index (χ1) is 29.1. The number of benzene rings is 3. The molecule has 3 N–H and O–H groups in total. The lowest BCUT2D eigenvalue weighted by atomic mass is 9.44. The van der Waals surface area contributed by atoms with Crippen LogP contribution < -0.4 is 0 Å². The molecule has 0 amide bonds. The predicted octanol–water partition coefficient (Wildman–Crippen LogP) is 7.22. The van der Waals surface area contributed by atoms with E-state index in [1.54, 1.807) is 51.1 Å². The van der Waals surface area contributed by atoms with Crippen molar-refractivity contribution in [3.8, 4) is 0 Å². The zero-order chi connectivity index (χ0) is 43.6. The average molecular weight is 843 g/mol. The van der Waals surface area contributed by atoms with Gasteiger partial charge in [-0.3, -0.25) is 14.5 Å². The fourth-order valence-electron chi connectivity index (χ4n) is 11.6. The summed E-state index contributed by atoms with van der Waals surface area (Å²) in [5, 5.41) is 32.0. The number of Topliss-reactive ketones (excluding diaryl/α,β-unsaturated/α-hetero) is 1. The summed E-state index contributed by atoms with van der Waals surface area (Å²) in [4.78, 5) is 29.4. The number of rotatable bonds is 12. The van der Waals surface area contributed by atoms with Crippen molar-refractivity contribution in [2.24, 2.45) is 28.6 Å². The molecule has 328 valence electrons. The molecule has 3 aromatic rings. The third-order valence-electron chi connectivity index (χ3n) is 15.1. The molecular weight excluding hydrogens is 782 g/mol. The SMILES string of the molecule is C[C@@H]1C[C@H]2[C@@H]3CCC4=CC(=O)C=C[C@]4(C)[C@@]3(F)[C@@H](O)C[C@]2(C)[C@@]1(O)C(=O)CO.Fc1ccc(C(OCCN2CCN(CCCc3ccccc3)CC2)c2ccc(F)cc2)cc1. The molecule has 4 fully saturated rings. The Kier molecular flexibility index (Phi) is 13.6. The van der Waals surface area contributed by atoms with Crippen molar-refractivity contribution in [2.45, 2.75) is 82.8 Å². The lowest BCUT2D eigenvalue weighted by Crippen LogP contribution is -2.69. The van der Waals surface area contributed by atoms with Crippen molar-refractivity contribution in [1.29, 1.82) is 0 Å². The number of fused-ring (bicyclic) bond motifs is 5. The van der Waals surface area contributed by atoms with Gasteiger partial charge in [0.15, 0.2) is 17.2 Å². The largest absolute Gasteiger partial charge is 0.390 e. The topological polar surface area (TPSA) is 111 Å². The lowest BCUT2D eigenvalue weighted by molar-refractivity contribution is -0.219. The van der Waals surface area contributed by atoms with Gasteiger partial charge in [-0.15, -0.1) is 0 Å². The number of carbonyl (C=O) groups is 2. The number of allylic oxidation sites excluding steroid dienone is 4. The van der Waals surface area contributed by atoms with E-state index in [9.17, 15) is 33.7 Å². The lowest BCUT2D eigenvalue weighted by Gasteiger charge is -2.62. The third-order valence-corrected chi connectivity index (χ3v) is 15.1. The van der Waals surface area contributed by atoms with Crippen LogP contribution in [0.5, 0.6) is 0 Å². The minimum absolute atomic E-state index is 0.0676. The van der Waals surface area contributed by atoms with Crippen LogP contribution in [0, 0.1) is 40.2 Å². The van der Waals surface area contributed by atoms with Gasteiger partial charge in [-0.1, -0.05) is 80.1 Å². The second-order valence-electron chi connectivity index (χ2n) is 18.4. The molecule has 8 atom stereocenters. The van der Waals surface area contributed by atoms with E-state index >= 15 is 4.39 Å². The first-order valence-electron chi connectivity index (χ1n) is 21.9. The van der Waals surface area contributed by atoms with Gasteiger partial charge >= 0.3 is 0 Å². The van der Waals surface area contributed by atoms with Crippen LogP contribution in [0.25, 0.3) is 0 Å². The van der Waals surface area contributed by atoms with Crippen LogP contribution in [0.2, 0.25) is 0 Å². The molecule has 0 aromatic heterocycles. The van der Waals surface area contributed by atoms with E-state index in [-0.39, 0.29) is 35.9 Å². The Hall–Kier alpha value is -3.97. The maximum atomic E-state index is 16.9. The van der Waals surface area contributed by atoms with Gasteiger partial charge in [-0.25, -0.2) is 13.2 Å². The predicted molar refractivity (Wildman–Crippen MR) is 228 cm³/mol. The fourth-order valence-corrected chi connectivity index (χ4v) is 11.6. The Bertz CT molecular complexity index is 2010. The number of ether oxygens (including phenoxy) is 1. The number of piperazine rings is 1. The molecular formula is C50H61F3N2O6. The zero-order valence-electron chi connectivity index (χ0n) is 35.6. The Morgan fingerprint density at radius 1 is 0.885 bits per heavy atom. The Labute approximate surface area is 358 Å². The van der Waals surface area contributed by atoms with Crippen LogP contribution in [0.15, 0.2) is 103 Å². The third kappa shape index (κ3) is 8.59. The summed E-state index contributed by atoms with van der Waals surface area (Å²) in [6.07, 6.45) is 6.41. The number of aliphatic hydroxyl groups is 3. The minimum atomic E-state index is -1.98. The van der Waals surface area contributed by atoms with E-state index < -0.39 is 52.4 Å². The molecule has 3 aromatic carbocycles. The number of hydrogen-bond acceptors (Lipinski definition) is 8. The van der Waals surface area contributed by atoms with Crippen molar-refractivity contribution < 1.29 is 42.8 Å². The summed E-state index contributed by atoms with van der Waals surface area (Å²) in [5.41, 5.74) is -2.03. The van der Waals surface area contributed by atoms with Gasteiger partial charge in [0.2, 0.25) is 0 Å². The molecule has 0 spiro atoms. The number of ketones is 2. The van der Waals surface area contributed by atoms with Crippen LogP contribution in [-0.4, -0.2) is 107 Å². The summed E-state index contributed by atoms with van der Waals surface area (Å²) < 4.78 is 49.9. The fraction of sp³-hybridized carbons (Fsp3) is 0.520. The smallest absolute Gasteiger partial charge is 0.190 e. The van der Waals surface area contributed by atoms with Gasteiger partial charge in [0.25, 0.3) is 0 Å². The highest BCUT2D eigenvalue weighted by Gasteiger charge is 2.75. The number of carbonyl (C=O) groups excluding carboxylic acids is 2. The highest BCUT2D eigenvalue weighted by Crippen LogP contribution is 2.70. The van der Waals surface area contributed by atoms with E-state index in [0.29, 0.717) is 31.4 Å². The standard InChI is InChI=1S/C28H32F2N2O.C22H29FO5/c29-26-12-8-24(9-13-26)28(25-10-14-27(30)15-11-25)33-22-21-32-19-17-31(18-20-32)16-4-7-23-5-2-1-3-6-23;1-12-8-16-15-5-4-13-9-14(25)6-7-19(13,2)21(15,23)17(26)10-20(16,3)22(12,28)18(27)11-24/h1-3,5-6,8-15,28H,4,7,16-22H2;6-7,9,12,15-17,24,26,28H,4-5,8,10-11H2,1-3H3/t;12-,15+,16+,17+,19+,20+,21+,22+/m.1/s1. The Morgan fingerprint density at radius 2 is 1.48 bits per heavy atom. The summed E-state index contributed by atoms with van der Waals surface area (Å²) in [6.45, 7) is 11.2. The zero-order valence-corrected chi connectivity index (χ0v) is 35.6. The van der Waals surface area contributed by atoms with Crippen LogP contribution in [0.3, 0.4) is 0 Å². The van der Waals surface area contributed by atoms with Crippen molar-refractivity contribution >= 4 is 11.6 Å². The second kappa shape index (κ2) is 18.4. The summed E-state index contributed by atoms with van der Waals surface area (Å²) in [7, 11) is 0. The molecule has 61 heavy (non-hydrogen) atoms. The van der Waals surface area contributed by atoms with Crippen molar-refractivity contribution in [1.82, 2.24) is 9.80 Å². The molecule has 1 aliphatic heterocycles. The van der Waals surface area contributed by atoms with Gasteiger partial charge < -0.3 is 25.0 Å². The number of nitrogens with zero attached hydrogens (tertiary/aromatic N) is 2.